The van der Waals surface area contributed by atoms with Crippen molar-refractivity contribution in [3.63, 3.8) is 0 Å². The Morgan fingerprint density at radius 1 is 1.00 bits per heavy atom. The zero-order valence-corrected chi connectivity index (χ0v) is 12.4. The van der Waals surface area contributed by atoms with Gasteiger partial charge in [0.25, 0.3) is 0 Å². The van der Waals surface area contributed by atoms with E-state index in [2.05, 4.69) is 10.6 Å². The molecule has 0 aliphatic heterocycles. The van der Waals surface area contributed by atoms with E-state index in [0.717, 1.165) is 6.07 Å². The molecule has 0 saturated carbocycles. The Morgan fingerprint density at radius 3 is 2.23 bits per heavy atom. The first-order chi connectivity index (χ1) is 10.3. The number of rotatable bonds is 2. The highest BCUT2D eigenvalue weighted by Crippen LogP contribution is 2.38. The molecule has 2 N–H and O–H groups in total. The summed E-state index contributed by atoms with van der Waals surface area (Å²) in [5.41, 5.74) is -0.749. The summed E-state index contributed by atoms with van der Waals surface area (Å²) in [6, 6.07) is 9.09. The molecule has 0 spiro atoms. The van der Waals surface area contributed by atoms with Crippen LogP contribution in [0.2, 0.25) is 10.0 Å². The number of halogens is 5. The van der Waals surface area contributed by atoms with Crippen LogP contribution in [0, 0.1) is 0 Å². The van der Waals surface area contributed by atoms with Gasteiger partial charge in [0.05, 0.1) is 21.3 Å². The smallest absolute Gasteiger partial charge is 0.308 e. The van der Waals surface area contributed by atoms with E-state index >= 15 is 0 Å². The number of benzene rings is 2. The van der Waals surface area contributed by atoms with Crippen LogP contribution in [0.15, 0.2) is 42.5 Å². The first kappa shape index (κ1) is 16.5. The minimum atomic E-state index is -4.60. The lowest BCUT2D eigenvalue weighted by Crippen LogP contribution is -2.20. The number of para-hydroxylation sites is 1. The monoisotopic (exact) mass is 348 g/mol. The fourth-order valence-electron chi connectivity index (χ4n) is 1.65. The number of carbonyl (C=O) groups excluding carboxylic acids is 1. The van der Waals surface area contributed by atoms with Gasteiger partial charge in [0.1, 0.15) is 0 Å². The maximum absolute atomic E-state index is 12.7. The predicted octanol–water partition coefficient (Wildman–Crippen LogP) is 5.66. The van der Waals surface area contributed by atoms with Gasteiger partial charge in [0, 0.05) is 5.69 Å². The van der Waals surface area contributed by atoms with Gasteiger partial charge in [-0.15, -0.1) is 0 Å². The summed E-state index contributed by atoms with van der Waals surface area (Å²) in [6.07, 6.45) is -4.60. The third-order valence-electron chi connectivity index (χ3n) is 2.64. The van der Waals surface area contributed by atoms with E-state index in [1.807, 2.05) is 0 Å². The number of nitrogens with one attached hydrogen (secondary N) is 2. The van der Waals surface area contributed by atoms with Gasteiger partial charge in [-0.3, -0.25) is 0 Å². The molecule has 2 rings (SSSR count). The van der Waals surface area contributed by atoms with Crippen molar-refractivity contribution in [2.24, 2.45) is 0 Å². The van der Waals surface area contributed by atoms with Crippen LogP contribution in [-0.2, 0) is 6.18 Å². The molecule has 3 nitrogen and oxygen atoms in total. The molecule has 0 unspecified atom stereocenters. The average molecular weight is 349 g/mol. The Balaban J connectivity index is 2.22. The SMILES string of the molecule is O=C(Nc1ccccc1)Nc1cc(C(F)(F)F)cc(Cl)c1Cl. The normalized spacial score (nSPS) is 11.1. The molecule has 0 heterocycles. The molecule has 0 radical (unpaired) electrons. The Kier molecular flexibility index (Phi) is 4.83. The van der Waals surface area contributed by atoms with Gasteiger partial charge in [-0.1, -0.05) is 41.4 Å². The van der Waals surface area contributed by atoms with E-state index in [0.29, 0.717) is 11.8 Å². The molecule has 0 bridgehead atoms. The molecule has 0 aliphatic rings. The number of alkyl halides is 3. The van der Waals surface area contributed by atoms with Crippen molar-refractivity contribution < 1.29 is 18.0 Å². The zero-order valence-electron chi connectivity index (χ0n) is 10.8. The number of anilines is 2. The summed E-state index contributed by atoms with van der Waals surface area (Å²) in [5.74, 6) is 0. The topological polar surface area (TPSA) is 41.1 Å². The Labute approximate surface area is 134 Å². The van der Waals surface area contributed by atoms with Crippen LogP contribution in [0.3, 0.4) is 0 Å². The summed E-state index contributed by atoms with van der Waals surface area (Å²) in [5, 5.41) is 4.24. The summed E-state index contributed by atoms with van der Waals surface area (Å²) in [6.45, 7) is 0. The Hall–Kier alpha value is -1.92. The van der Waals surface area contributed by atoms with Crippen LogP contribution in [0.4, 0.5) is 29.3 Å². The fraction of sp³-hybridized carbons (Fsp3) is 0.0714. The van der Waals surface area contributed by atoms with Crippen LogP contribution < -0.4 is 10.6 Å². The minimum absolute atomic E-state index is 0.169. The van der Waals surface area contributed by atoms with E-state index < -0.39 is 17.8 Å². The predicted molar refractivity (Wildman–Crippen MR) is 80.5 cm³/mol. The van der Waals surface area contributed by atoms with Crippen LogP contribution >= 0.6 is 23.2 Å². The van der Waals surface area contributed by atoms with Crippen LogP contribution in [0.1, 0.15) is 5.56 Å². The highest BCUT2D eigenvalue weighted by molar-refractivity contribution is 6.44. The van der Waals surface area contributed by atoms with Crippen molar-refractivity contribution >= 4 is 40.6 Å². The van der Waals surface area contributed by atoms with E-state index in [1.54, 1.807) is 30.3 Å². The van der Waals surface area contributed by atoms with Crippen molar-refractivity contribution in [1.82, 2.24) is 0 Å². The molecule has 2 aromatic rings. The molecule has 22 heavy (non-hydrogen) atoms. The average Bonchev–Trinajstić information content (AvgIpc) is 2.43. The fourth-order valence-corrected chi connectivity index (χ4v) is 2.03. The standard InChI is InChI=1S/C14H9Cl2F3N2O/c15-10-6-8(14(17,18)19)7-11(12(10)16)21-13(22)20-9-4-2-1-3-5-9/h1-7H,(H2,20,21,22). The molecular weight excluding hydrogens is 340 g/mol. The quantitative estimate of drug-likeness (QED) is 0.722. The van der Waals surface area contributed by atoms with Gasteiger partial charge < -0.3 is 10.6 Å². The van der Waals surface area contributed by atoms with Crippen molar-refractivity contribution in [3.05, 3.63) is 58.1 Å². The lowest BCUT2D eigenvalue weighted by Gasteiger charge is -2.13. The molecule has 0 saturated heterocycles. The maximum atomic E-state index is 12.7. The summed E-state index contributed by atoms with van der Waals surface area (Å²) in [7, 11) is 0. The molecular formula is C14H9Cl2F3N2O. The van der Waals surface area contributed by atoms with Gasteiger partial charge in [-0.2, -0.15) is 13.2 Å². The second-order valence-corrected chi connectivity index (χ2v) is 5.05. The van der Waals surface area contributed by atoms with Crippen molar-refractivity contribution in [1.29, 1.82) is 0 Å². The molecule has 0 atom stereocenters. The van der Waals surface area contributed by atoms with E-state index in [4.69, 9.17) is 23.2 Å². The van der Waals surface area contributed by atoms with Gasteiger partial charge in [0.15, 0.2) is 0 Å². The molecule has 8 heteroatoms. The van der Waals surface area contributed by atoms with Crippen LogP contribution in [0.25, 0.3) is 0 Å². The van der Waals surface area contributed by atoms with Gasteiger partial charge in [-0.25, -0.2) is 4.79 Å². The number of hydrogen-bond donors (Lipinski definition) is 2. The molecule has 2 aromatic carbocycles. The summed E-state index contributed by atoms with van der Waals surface area (Å²) in [4.78, 5) is 11.8. The third kappa shape index (κ3) is 4.05. The van der Waals surface area contributed by atoms with Gasteiger partial charge in [-0.05, 0) is 24.3 Å². The Morgan fingerprint density at radius 2 is 1.64 bits per heavy atom. The molecule has 2 amide bonds. The molecule has 0 aromatic heterocycles. The summed E-state index contributed by atoms with van der Waals surface area (Å²) < 4.78 is 38.2. The van der Waals surface area contributed by atoms with E-state index in [9.17, 15) is 18.0 Å². The second-order valence-electron chi connectivity index (χ2n) is 4.26. The maximum Gasteiger partial charge on any atom is 0.416 e. The minimum Gasteiger partial charge on any atom is -0.308 e. The Bertz CT molecular complexity index is 690. The van der Waals surface area contributed by atoms with Crippen molar-refractivity contribution in [2.75, 3.05) is 10.6 Å². The van der Waals surface area contributed by atoms with Crippen molar-refractivity contribution in [3.8, 4) is 0 Å². The van der Waals surface area contributed by atoms with Gasteiger partial charge >= 0.3 is 12.2 Å². The van der Waals surface area contributed by atoms with E-state index in [-0.39, 0.29) is 15.7 Å². The first-order valence-electron chi connectivity index (χ1n) is 5.96. The van der Waals surface area contributed by atoms with Crippen LogP contribution in [0.5, 0.6) is 0 Å². The lowest BCUT2D eigenvalue weighted by atomic mass is 10.2. The largest absolute Gasteiger partial charge is 0.416 e. The van der Waals surface area contributed by atoms with E-state index in [1.165, 1.54) is 0 Å². The number of amides is 2. The van der Waals surface area contributed by atoms with Crippen LogP contribution in [-0.4, -0.2) is 6.03 Å². The highest BCUT2D eigenvalue weighted by Gasteiger charge is 2.32. The molecule has 0 fully saturated rings. The number of carbonyl (C=O) groups is 1. The first-order valence-corrected chi connectivity index (χ1v) is 6.72. The highest BCUT2D eigenvalue weighted by atomic mass is 35.5. The second kappa shape index (κ2) is 6.46. The molecule has 0 aliphatic carbocycles. The summed E-state index contributed by atoms with van der Waals surface area (Å²) >= 11 is 11.5. The third-order valence-corrected chi connectivity index (χ3v) is 3.44. The number of hydrogen-bond acceptors (Lipinski definition) is 1. The van der Waals surface area contributed by atoms with Crippen molar-refractivity contribution in [2.45, 2.75) is 6.18 Å². The lowest BCUT2D eigenvalue weighted by molar-refractivity contribution is -0.137. The molecule has 116 valence electrons. The van der Waals surface area contributed by atoms with Gasteiger partial charge in [0.2, 0.25) is 0 Å². The number of urea groups is 1. The zero-order chi connectivity index (χ0) is 16.3.